The Morgan fingerprint density at radius 3 is 2.58 bits per heavy atom. The Morgan fingerprint density at radius 2 is 1.77 bits per heavy atom. The SMILES string of the molecule is N=Cc1cc(N2CCCC2c2ccc3c(c2)OCCO3)ccc1Nc1ccc(F)cc1. The summed E-state index contributed by atoms with van der Waals surface area (Å²) in [7, 11) is 0. The van der Waals surface area contributed by atoms with Crippen LogP contribution in [0.4, 0.5) is 21.5 Å². The van der Waals surface area contributed by atoms with E-state index in [4.69, 9.17) is 14.9 Å². The molecule has 2 aliphatic rings. The van der Waals surface area contributed by atoms with E-state index in [9.17, 15) is 4.39 Å². The van der Waals surface area contributed by atoms with Gasteiger partial charge in [0.15, 0.2) is 11.5 Å². The van der Waals surface area contributed by atoms with E-state index < -0.39 is 0 Å². The third-order valence-electron chi connectivity index (χ3n) is 5.85. The smallest absolute Gasteiger partial charge is 0.161 e. The first-order chi connectivity index (χ1) is 15.2. The molecule has 31 heavy (non-hydrogen) atoms. The Hall–Kier alpha value is -3.54. The Balaban J connectivity index is 1.41. The Labute approximate surface area is 180 Å². The van der Waals surface area contributed by atoms with Gasteiger partial charge in [-0.1, -0.05) is 6.07 Å². The molecular formula is C25H24FN3O2. The summed E-state index contributed by atoms with van der Waals surface area (Å²) >= 11 is 0. The van der Waals surface area contributed by atoms with Gasteiger partial charge in [0.25, 0.3) is 0 Å². The summed E-state index contributed by atoms with van der Waals surface area (Å²) in [5, 5.41) is 11.2. The fourth-order valence-corrected chi connectivity index (χ4v) is 4.34. The molecule has 0 radical (unpaired) electrons. The third-order valence-corrected chi connectivity index (χ3v) is 5.85. The molecule has 1 fully saturated rings. The van der Waals surface area contributed by atoms with Crippen LogP contribution in [0.1, 0.15) is 30.0 Å². The highest BCUT2D eigenvalue weighted by molar-refractivity contribution is 5.89. The lowest BCUT2D eigenvalue weighted by molar-refractivity contribution is 0.171. The highest BCUT2D eigenvalue weighted by atomic mass is 19.1. The zero-order chi connectivity index (χ0) is 21.2. The molecule has 0 bridgehead atoms. The number of fused-ring (bicyclic) bond motifs is 1. The second-order valence-electron chi connectivity index (χ2n) is 7.80. The van der Waals surface area contributed by atoms with Crippen molar-refractivity contribution in [3.63, 3.8) is 0 Å². The average molecular weight is 417 g/mol. The molecule has 3 aromatic rings. The van der Waals surface area contributed by atoms with Crippen LogP contribution in [-0.4, -0.2) is 26.0 Å². The zero-order valence-corrected chi connectivity index (χ0v) is 17.1. The summed E-state index contributed by atoms with van der Waals surface area (Å²) in [6, 6.07) is 18.8. The number of nitrogens with one attached hydrogen (secondary N) is 2. The summed E-state index contributed by atoms with van der Waals surface area (Å²) in [6.07, 6.45) is 3.52. The van der Waals surface area contributed by atoms with Crippen molar-refractivity contribution in [2.75, 3.05) is 30.0 Å². The van der Waals surface area contributed by atoms with Crippen molar-refractivity contribution in [2.24, 2.45) is 0 Å². The molecule has 2 aliphatic heterocycles. The number of halogens is 1. The highest BCUT2D eigenvalue weighted by Crippen LogP contribution is 2.41. The van der Waals surface area contributed by atoms with Crippen molar-refractivity contribution < 1.29 is 13.9 Å². The van der Waals surface area contributed by atoms with E-state index in [1.54, 1.807) is 12.1 Å². The van der Waals surface area contributed by atoms with Crippen molar-refractivity contribution in [3.8, 4) is 11.5 Å². The second-order valence-corrected chi connectivity index (χ2v) is 7.80. The molecule has 2 N–H and O–H groups in total. The van der Waals surface area contributed by atoms with Crippen molar-refractivity contribution in [1.29, 1.82) is 5.41 Å². The van der Waals surface area contributed by atoms with Crippen LogP contribution in [-0.2, 0) is 0 Å². The Bertz CT molecular complexity index is 1100. The van der Waals surface area contributed by atoms with Gasteiger partial charge in [0.2, 0.25) is 0 Å². The highest BCUT2D eigenvalue weighted by Gasteiger charge is 2.28. The standard InChI is InChI=1S/C25H24FN3O2/c26-19-4-6-20(7-5-19)28-22-9-8-21(14-18(22)16-27)29-11-1-2-23(29)17-3-10-24-25(15-17)31-13-12-30-24/h3-10,14-16,23,27-28H,1-2,11-13H2. The lowest BCUT2D eigenvalue weighted by Crippen LogP contribution is -2.23. The summed E-state index contributed by atoms with van der Waals surface area (Å²) in [4.78, 5) is 2.39. The fraction of sp³-hybridized carbons (Fsp3) is 0.240. The lowest BCUT2D eigenvalue weighted by atomic mass is 10.0. The molecule has 1 unspecified atom stereocenters. The number of hydrogen-bond acceptors (Lipinski definition) is 5. The normalized spacial score (nSPS) is 17.5. The summed E-state index contributed by atoms with van der Waals surface area (Å²) < 4.78 is 24.6. The molecule has 0 saturated carbocycles. The van der Waals surface area contributed by atoms with Crippen LogP contribution in [0.15, 0.2) is 60.7 Å². The van der Waals surface area contributed by atoms with Crippen molar-refractivity contribution >= 4 is 23.3 Å². The molecule has 0 spiro atoms. The summed E-state index contributed by atoms with van der Waals surface area (Å²) in [6.45, 7) is 2.13. The Kier molecular flexibility index (Phi) is 5.20. The van der Waals surface area contributed by atoms with Gasteiger partial charge < -0.3 is 25.1 Å². The monoisotopic (exact) mass is 417 g/mol. The van der Waals surface area contributed by atoms with E-state index in [1.165, 1.54) is 23.9 Å². The molecule has 1 atom stereocenters. The molecule has 1 saturated heterocycles. The van der Waals surface area contributed by atoms with Gasteiger partial charge in [0.05, 0.1) is 6.04 Å². The number of nitrogens with zero attached hydrogens (tertiary/aromatic N) is 1. The van der Waals surface area contributed by atoms with Crippen LogP contribution in [0, 0.1) is 11.2 Å². The van der Waals surface area contributed by atoms with Crippen LogP contribution in [0.2, 0.25) is 0 Å². The van der Waals surface area contributed by atoms with Gasteiger partial charge in [-0.15, -0.1) is 0 Å². The first-order valence-electron chi connectivity index (χ1n) is 10.5. The maximum atomic E-state index is 13.2. The minimum absolute atomic E-state index is 0.255. The van der Waals surface area contributed by atoms with Crippen LogP contribution < -0.4 is 19.7 Å². The topological polar surface area (TPSA) is 57.6 Å². The van der Waals surface area contributed by atoms with Gasteiger partial charge in [-0.05, 0) is 73.0 Å². The maximum absolute atomic E-state index is 13.2. The number of anilines is 3. The van der Waals surface area contributed by atoms with Gasteiger partial charge in [-0.25, -0.2) is 4.39 Å². The van der Waals surface area contributed by atoms with E-state index >= 15 is 0 Å². The summed E-state index contributed by atoms with van der Waals surface area (Å²) in [5.74, 6) is 1.35. The minimum Gasteiger partial charge on any atom is -0.486 e. The van der Waals surface area contributed by atoms with E-state index in [-0.39, 0.29) is 11.9 Å². The first kappa shape index (κ1) is 19.4. The third kappa shape index (κ3) is 3.93. The van der Waals surface area contributed by atoms with Gasteiger partial charge in [0, 0.05) is 35.4 Å². The quantitative estimate of drug-likeness (QED) is 0.525. The van der Waals surface area contributed by atoms with E-state index in [0.29, 0.717) is 13.2 Å². The molecule has 0 aromatic heterocycles. The number of ether oxygens (including phenoxy) is 2. The van der Waals surface area contributed by atoms with Crippen LogP contribution >= 0.6 is 0 Å². The number of benzene rings is 3. The van der Waals surface area contributed by atoms with Gasteiger partial charge in [-0.3, -0.25) is 0 Å². The van der Waals surface area contributed by atoms with E-state index in [0.717, 1.165) is 53.5 Å². The number of rotatable bonds is 5. The van der Waals surface area contributed by atoms with Gasteiger partial charge in [0.1, 0.15) is 19.0 Å². The predicted molar refractivity (Wildman–Crippen MR) is 121 cm³/mol. The number of hydrogen-bond donors (Lipinski definition) is 2. The molecule has 5 nitrogen and oxygen atoms in total. The molecule has 6 heteroatoms. The van der Waals surface area contributed by atoms with Crippen LogP contribution in [0.3, 0.4) is 0 Å². The zero-order valence-electron chi connectivity index (χ0n) is 17.1. The van der Waals surface area contributed by atoms with Crippen molar-refractivity contribution in [3.05, 3.63) is 77.6 Å². The average Bonchev–Trinajstić information content (AvgIpc) is 3.30. The lowest BCUT2D eigenvalue weighted by Gasteiger charge is -2.29. The van der Waals surface area contributed by atoms with Crippen LogP contribution in [0.5, 0.6) is 11.5 Å². The second kappa shape index (κ2) is 8.30. The fourth-order valence-electron chi connectivity index (χ4n) is 4.34. The van der Waals surface area contributed by atoms with Crippen molar-refractivity contribution in [2.45, 2.75) is 18.9 Å². The molecule has 3 aromatic carbocycles. The van der Waals surface area contributed by atoms with E-state index in [1.807, 2.05) is 18.2 Å². The van der Waals surface area contributed by atoms with Gasteiger partial charge in [-0.2, -0.15) is 0 Å². The largest absolute Gasteiger partial charge is 0.486 e. The molecule has 0 amide bonds. The molecule has 5 rings (SSSR count). The predicted octanol–water partition coefficient (Wildman–Crippen LogP) is 5.68. The molecule has 2 heterocycles. The summed E-state index contributed by atoms with van der Waals surface area (Å²) in [5.41, 5.74) is 4.69. The molecular weight excluding hydrogens is 393 g/mol. The molecule has 158 valence electrons. The Morgan fingerprint density at radius 1 is 0.968 bits per heavy atom. The van der Waals surface area contributed by atoms with E-state index in [2.05, 4.69) is 28.4 Å². The van der Waals surface area contributed by atoms with Crippen molar-refractivity contribution in [1.82, 2.24) is 0 Å². The van der Waals surface area contributed by atoms with Crippen LogP contribution in [0.25, 0.3) is 0 Å². The minimum atomic E-state index is -0.271. The first-order valence-corrected chi connectivity index (χ1v) is 10.5. The maximum Gasteiger partial charge on any atom is 0.161 e. The van der Waals surface area contributed by atoms with Gasteiger partial charge >= 0.3 is 0 Å². The molecule has 0 aliphatic carbocycles.